The second-order valence-electron chi connectivity index (χ2n) is 7.54. The van der Waals surface area contributed by atoms with Gasteiger partial charge in [-0.3, -0.25) is 0 Å². The number of halogens is 1. The van der Waals surface area contributed by atoms with E-state index in [0.29, 0.717) is 21.5 Å². The molecule has 1 aromatic rings. The molecule has 2 fully saturated rings. The minimum absolute atomic E-state index is 0.126. The van der Waals surface area contributed by atoms with Crippen LogP contribution in [0.1, 0.15) is 49.7 Å². The molecule has 0 heterocycles. The normalized spacial score (nSPS) is 44.8. The summed E-state index contributed by atoms with van der Waals surface area (Å²) in [5.74, 6) is 2.42. The minimum atomic E-state index is -0.134. The molecule has 0 amide bonds. The third-order valence-corrected chi connectivity index (χ3v) is 7.83. The second kappa shape index (κ2) is 4.85. The number of hydrogen-bond acceptors (Lipinski definition) is 2. The van der Waals surface area contributed by atoms with E-state index >= 15 is 0 Å². The van der Waals surface area contributed by atoms with E-state index in [1.807, 2.05) is 12.1 Å². The monoisotopic (exact) mass is 398 g/mol. The number of aromatic hydroxyl groups is 1. The Bertz CT molecular complexity index is 572. The Morgan fingerprint density at radius 3 is 2.90 bits per heavy atom. The minimum Gasteiger partial charge on any atom is -0.508 e. The first-order chi connectivity index (χ1) is 10.0. The fourth-order valence-corrected chi connectivity index (χ4v) is 6.88. The number of rotatable bonds is 0. The summed E-state index contributed by atoms with van der Waals surface area (Å²) in [5, 5.41) is 20.3. The van der Waals surface area contributed by atoms with Gasteiger partial charge in [-0.05, 0) is 78.5 Å². The number of alkyl halides is 1. The van der Waals surface area contributed by atoms with E-state index < -0.39 is 0 Å². The van der Waals surface area contributed by atoms with Gasteiger partial charge in [-0.1, -0.05) is 35.6 Å². The molecule has 3 aliphatic rings. The van der Waals surface area contributed by atoms with E-state index in [0.717, 1.165) is 18.8 Å². The van der Waals surface area contributed by atoms with Crippen molar-refractivity contribution in [3.63, 3.8) is 0 Å². The van der Waals surface area contributed by atoms with Crippen molar-refractivity contribution < 1.29 is 10.2 Å². The molecule has 0 saturated heterocycles. The van der Waals surface area contributed by atoms with Crippen LogP contribution < -0.4 is 0 Å². The van der Waals surface area contributed by atoms with E-state index in [-0.39, 0.29) is 11.5 Å². The summed E-state index contributed by atoms with van der Waals surface area (Å²) in [6.07, 6.45) is 5.67. The van der Waals surface area contributed by atoms with Crippen molar-refractivity contribution in [2.75, 3.05) is 0 Å². The number of fused-ring (bicyclic) bond motifs is 5. The van der Waals surface area contributed by atoms with Crippen LogP contribution in [0, 0.1) is 17.3 Å². The second-order valence-corrected chi connectivity index (χ2v) is 9.14. The summed E-state index contributed by atoms with van der Waals surface area (Å²) in [6.45, 7) is 2.32. The lowest BCUT2D eigenvalue weighted by Gasteiger charge is -2.50. The molecule has 3 heteroatoms. The molecule has 0 aliphatic heterocycles. The van der Waals surface area contributed by atoms with Crippen LogP contribution in [0.5, 0.6) is 5.75 Å². The van der Waals surface area contributed by atoms with E-state index in [1.165, 1.54) is 30.4 Å². The molecule has 0 radical (unpaired) electrons. The Hall–Kier alpha value is -0.290. The van der Waals surface area contributed by atoms with Gasteiger partial charge in [-0.25, -0.2) is 0 Å². The quantitative estimate of drug-likeness (QED) is 0.512. The SMILES string of the molecule is C[C@]12CC[C@@H]3c4ccc(O)cc4CC[C@@H]3[C@@H]1C[C@@H](I)[C@@H]2O. The molecule has 4 rings (SSSR count). The first-order valence-corrected chi connectivity index (χ1v) is 9.39. The maximum absolute atomic E-state index is 10.6. The molecule has 0 aromatic heterocycles. The molecule has 2 N–H and O–H groups in total. The van der Waals surface area contributed by atoms with Gasteiger partial charge >= 0.3 is 0 Å². The summed E-state index contributed by atoms with van der Waals surface area (Å²) < 4.78 is 0.414. The number of aliphatic hydroxyl groups is 1. The topological polar surface area (TPSA) is 40.5 Å². The first kappa shape index (κ1) is 14.3. The smallest absolute Gasteiger partial charge is 0.115 e. The predicted octanol–water partition coefficient (Wildman–Crippen LogP) is 4.02. The lowest BCUT2D eigenvalue weighted by atomic mass is 9.55. The van der Waals surface area contributed by atoms with Crippen LogP contribution >= 0.6 is 22.6 Å². The zero-order valence-electron chi connectivity index (χ0n) is 12.4. The Morgan fingerprint density at radius 1 is 1.29 bits per heavy atom. The van der Waals surface area contributed by atoms with Gasteiger partial charge in [0.25, 0.3) is 0 Å². The number of benzene rings is 1. The third-order valence-electron chi connectivity index (χ3n) is 6.65. The van der Waals surface area contributed by atoms with E-state index in [1.54, 1.807) is 0 Å². The summed E-state index contributed by atoms with van der Waals surface area (Å²) in [7, 11) is 0. The molecule has 114 valence electrons. The summed E-state index contributed by atoms with van der Waals surface area (Å²) in [4.78, 5) is 0. The number of phenols is 1. The highest BCUT2D eigenvalue weighted by molar-refractivity contribution is 14.1. The zero-order chi connectivity index (χ0) is 14.8. The van der Waals surface area contributed by atoms with Crippen molar-refractivity contribution in [3.05, 3.63) is 29.3 Å². The molecule has 0 bridgehead atoms. The molecule has 6 atom stereocenters. The van der Waals surface area contributed by atoms with E-state index in [4.69, 9.17) is 0 Å². The molecule has 0 spiro atoms. The van der Waals surface area contributed by atoms with E-state index in [9.17, 15) is 10.2 Å². The fraction of sp³-hybridized carbons (Fsp3) is 0.667. The summed E-state index contributed by atoms with van der Waals surface area (Å²) >= 11 is 2.46. The summed E-state index contributed by atoms with van der Waals surface area (Å²) in [6, 6.07) is 5.96. The highest BCUT2D eigenvalue weighted by Gasteiger charge is 2.57. The first-order valence-electron chi connectivity index (χ1n) is 8.14. The standard InChI is InChI=1S/C18H23IO2/c1-18-7-6-13-12-5-3-11(20)8-10(12)2-4-14(13)15(18)9-16(19)17(18)21/h3,5,8,13-17,20-21H,2,4,6-7,9H2,1H3/t13-,14+,15+,16-,17+,18+/m1/s1. The largest absolute Gasteiger partial charge is 0.508 e. The van der Waals surface area contributed by atoms with Crippen LogP contribution in [0.15, 0.2) is 18.2 Å². The predicted molar refractivity (Wildman–Crippen MR) is 91.9 cm³/mol. The Kier molecular flexibility index (Phi) is 3.31. The maximum atomic E-state index is 10.6. The van der Waals surface area contributed by atoms with Gasteiger partial charge in [0.05, 0.1) is 6.10 Å². The van der Waals surface area contributed by atoms with Gasteiger partial charge < -0.3 is 10.2 Å². The van der Waals surface area contributed by atoms with Crippen molar-refractivity contribution in [2.45, 2.75) is 55.0 Å². The number of aliphatic hydroxyl groups excluding tert-OH is 1. The van der Waals surface area contributed by atoms with Gasteiger partial charge in [-0.2, -0.15) is 0 Å². The highest BCUT2D eigenvalue weighted by atomic mass is 127. The molecular formula is C18H23IO2. The van der Waals surface area contributed by atoms with Crippen LogP contribution in [-0.4, -0.2) is 20.2 Å². The van der Waals surface area contributed by atoms with Crippen LogP contribution in [0.2, 0.25) is 0 Å². The van der Waals surface area contributed by atoms with Gasteiger partial charge in [0, 0.05) is 3.92 Å². The van der Waals surface area contributed by atoms with Crippen LogP contribution in [-0.2, 0) is 6.42 Å². The number of hydrogen-bond donors (Lipinski definition) is 2. The Balaban J connectivity index is 1.71. The molecule has 2 saturated carbocycles. The average molecular weight is 398 g/mol. The molecule has 21 heavy (non-hydrogen) atoms. The van der Waals surface area contributed by atoms with Crippen LogP contribution in [0.25, 0.3) is 0 Å². The third kappa shape index (κ3) is 1.99. The Morgan fingerprint density at radius 2 is 2.10 bits per heavy atom. The Labute approximate surface area is 140 Å². The lowest BCUT2D eigenvalue weighted by molar-refractivity contribution is -0.0208. The highest BCUT2D eigenvalue weighted by Crippen LogP contribution is 2.62. The molecule has 0 unspecified atom stereocenters. The summed E-state index contributed by atoms with van der Waals surface area (Å²) in [5.41, 5.74) is 2.95. The van der Waals surface area contributed by atoms with E-state index in [2.05, 4.69) is 35.6 Å². The average Bonchev–Trinajstić information content (AvgIpc) is 2.70. The fourth-order valence-electron chi connectivity index (χ4n) is 5.51. The molecular weight excluding hydrogens is 375 g/mol. The van der Waals surface area contributed by atoms with Gasteiger partial charge in [0.1, 0.15) is 5.75 Å². The number of aryl methyl sites for hydroxylation is 1. The van der Waals surface area contributed by atoms with Crippen molar-refractivity contribution >= 4 is 22.6 Å². The lowest BCUT2D eigenvalue weighted by Crippen LogP contribution is -2.44. The zero-order valence-corrected chi connectivity index (χ0v) is 14.6. The van der Waals surface area contributed by atoms with Gasteiger partial charge in [0.2, 0.25) is 0 Å². The van der Waals surface area contributed by atoms with Crippen LogP contribution in [0.3, 0.4) is 0 Å². The maximum Gasteiger partial charge on any atom is 0.115 e. The molecule has 1 aromatic carbocycles. The van der Waals surface area contributed by atoms with Gasteiger partial charge in [-0.15, -0.1) is 0 Å². The van der Waals surface area contributed by atoms with Crippen molar-refractivity contribution in [2.24, 2.45) is 17.3 Å². The van der Waals surface area contributed by atoms with Crippen LogP contribution in [0.4, 0.5) is 0 Å². The van der Waals surface area contributed by atoms with Crippen molar-refractivity contribution in [1.82, 2.24) is 0 Å². The van der Waals surface area contributed by atoms with Crippen molar-refractivity contribution in [1.29, 1.82) is 0 Å². The molecule has 2 nitrogen and oxygen atoms in total. The van der Waals surface area contributed by atoms with Gasteiger partial charge in [0.15, 0.2) is 0 Å². The number of phenolic OH excluding ortho intramolecular Hbond substituents is 1. The molecule has 3 aliphatic carbocycles. The van der Waals surface area contributed by atoms with Crippen molar-refractivity contribution in [3.8, 4) is 5.75 Å².